The zero-order valence-corrected chi connectivity index (χ0v) is 10.3. The summed E-state index contributed by atoms with van der Waals surface area (Å²) < 4.78 is 5.20. The van der Waals surface area contributed by atoms with Crippen molar-refractivity contribution in [2.24, 2.45) is 0 Å². The Hall–Kier alpha value is -2.36. The molecule has 4 heteroatoms. The molecular weight excluding hydrogens is 226 g/mol. The SMILES string of the molecule is COc1ccc2nc(-c3cncc(C)c3)[nH]c2c1. The molecule has 1 N–H and O–H groups in total. The van der Waals surface area contributed by atoms with Gasteiger partial charge in [0.15, 0.2) is 0 Å². The number of nitrogens with one attached hydrogen (secondary N) is 1. The highest BCUT2D eigenvalue weighted by atomic mass is 16.5. The lowest BCUT2D eigenvalue weighted by molar-refractivity contribution is 0.415. The number of aromatic nitrogens is 3. The first kappa shape index (κ1) is 10.8. The molecule has 4 nitrogen and oxygen atoms in total. The summed E-state index contributed by atoms with van der Waals surface area (Å²) in [6.45, 7) is 2.02. The van der Waals surface area contributed by atoms with E-state index >= 15 is 0 Å². The Bertz CT molecular complexity index is 703. The number of aromatic amines is 1. The molecule has 0 bridgehead atoms. The fraction of sp³-hybridized carbons (Fsp3) is 0.143. The van der Waals surface area contributed by atoms with Crippen LogP contribution in [0.2, 0.25) is 0 Å². The van der Waals surface area contributed by atoms with Crippen LogP contribution in [0.5, 0.6) is 5.75 Å². The molecule has 2 aromatic heterocycles. The number of fused-ring (bicyclic) bond motifs is 1. The van der Waals surface area contributed by atoms with E-state index in [0.717, 1.165) is 33.7 Å². The Kier molecular flexibility index (Phi) is 2.48. The molecule has 0 aliphatic heterocycles. The van der Waals surface area contributed by atoms with Gasteiger partial charge >= 0.3 is 0 Å². The van der Waals surface area contributed by atoms with Gasteiger partial charge in [0.2, 0.25) is 0 Å². The second kappa shape index (κ2) is 4.14. The maximum Gasteiger partial charge on any atom is 0.140 e. The maximum absolute atomic E-state index is 5.20. The van der Waals surface area contributed by atoms with Gasteiger partial charge < -0.3 is 9.72 Å². The largest absolute Gasteiger partial charge is 0.497 e. The molecule has 0 unspecified atom stereocenters. The van der Waals surface area contributed by atoms with Crippen molar-refractivity contribution in [3.05, 3.63) is 42.2 Å². The molecule has 0 saturated carbocycles. The monoisotopic (exact) mass is 239 g/mol. The molecule has 2 heterocycles. The van der Waals surface area contributed by atoms with Crippen molar-refractivity contribution < 1.29 is 4.74 Å². The standard InChI is InChI=1S/C14H13N3O/c1-9-5-10(8-15-7-9)14-16-12-4-3-11(18-2)6-13(12)17-14/h3-8H,1-2H3,(H,16,17). The Morgan fingerprint density at radius 3 is 2.83 bits per heavy atom. The molecule has 18 heavy (non-hydrogen) atoms. The van der Waals surface area contributed by atoms with Crippen molar-refractivity contribution in [2.45, 2.75) is 6.92 Å². The molecule has 0 atom stereocenters. The van der Waals surface area contributed by atoms with Crippen LogP contribution in [-0.4, -0.2) is 22.1 Å². The van der Waals surface area contributed by atoms with E-state index in [-0.39, 0.29) is 0 Å². The van der Waals surface area contributed by atoms with Crippen LogP contribution in [0.25, 0.3) is 22.4 Å². The number of rotatable bonds is 2. The van der Waals surface area contributed by atoms with Gasteiger partial charge in [0.05, 0.1) is 18.1 Å². The number of methoxy groups -OCH3 is 1. The lowest BCUT2D eigenvalue weighted by atomic mass is 10.2. The first-order chi connectivity index (χ1) is 8.76. The van der Waals surface area contributed by atoms with Crippen molar-refractivity contribution in [2.75, 3.05) is 7.11 Å². The topological polar surface area (TPSA) is 50.8 Å². The molecule has 0 fully saturated rings. The minimum atomic E-state index is 0.820. The fourth-order valence-corrected chi connectivity index (χ4v) is 1.94. The fourth-order valence-electron chi connectivity index (χ4n) is 1.94. The molecule has 1 aromatic carbocycles. The minimum Gasteiger partial charge on any atom is -0.497 e. The number of hydrogen-bond acceptors (Lipinski definition) is 3. The van der Waals surface area contributed by atoms with E-state index in [1.54, 1.807) is 7.11 Å². The van der Waals surface area contributed by atoms with Gasteiger partial charge in [-0.15, -0.1) is 0 Å². The van der Waals surface area contributed by atoms with E-state index in [9.17, 15) is 0 Å². The van der Waals surface area contributed by atoms with Gasteiger partial charge in [0, 0.05) is 24.0 Å². The molecule has 0 amide bonds. The van der Waals surface area contributed by atoms with E-state index in [2.05, 4.69) is 21.0 Å². The molecule has 0 radical (unpaired) electrons. The van der Waals surface area contributed by atoms with Gasteiger partial charge in [-0.2, -0.15) is 0 Å². The zero-order valence-electron chi connectivity index (χ0n) is 10.3. The summed E-state index contributed by atoms with van der Waals surface area (Å²) in [6.07, 6.45) is 3.64. The third kappa shape index (κ3) is 1.82. The second-order valence-electron chi connectivity index (χ2n) is 4.22. The maximum atomic E-state index is 5.20. The van der Waals surface area contributed by atoms with E-state index in [1.165, 1.54) is 0 Å². The third-order valence-electron chi connectivity index (χ3n) is 2.84. The number of imidazole rings is 1. The van der Waals surface area contributed by atoms with Crippen molar-refractivity contribution >= 4 is 11.0 Å². The molecule has 3 aromatic rings. The number of hydrogen-bond donors (Lipinski definition) is 1. The molecule has 3 rings (SSSR count). The lowest BCUT2D eigenvalue weighted by Gasteiger charge is -1.97. The summed E-state index contributed by atoms with van der Waals surface area (Å²) in [5.41, 5.74) is 3.99. The van der Waals surface area contributed by atoms with Gasteiger partial charge in [-0.25, -0.2) is 4.98 Å². The van der Waals surface area contributed by atoms with Gasteiger partial charge in [-0.05, 0) is 30.7 Å². The van der Waals surface area contributed by atoms with Crippen LogP contribution in [0.15, 0.2) is 36.7 Å². The van der Waals surface area contributed by atoms with Crippen LogP contribution >= 0.6 is 0 Å². The van der Waals surface area contributed by atoms with Crippen LogP contribution in [-0.2, 0) is 0 Å². The Morgan fingerprint density at radius 2 is 2.06 bits per heavy atom. The minimum absolute atomic E-state index is 0.820. The van der Waals surface area contributed by atoms with Gasteiger partial charge in [-0.1, -0.05) is 0 Å². The number of aryl methyl sites for hydroxylation is 1. The number of benzene rings is 1. The molecule has 0 aliphatic carbocycles. The highest BCUT2D eigenvalue weighted by molar-refractivity contribution is 5.80. The average molecular weight is 239 g/mol. The van der Waals surface area contributed by atoms with Crippen LogP contribution in [0, 0.1) is 6.92 Å². The van der Waals surface area contributed by atoms with Crippen molar-refractivity contribution in [3.63, 3.8) is 0 Å². The predicted molar refractivity (Wildman–Crippen MR) is 70.6 cm³/mol. The summed E-state index contributed by atoms with van der Waals surface area (Å²) >= 11 is 0. The second-order valence-corrected chi connectivity index (χ2v) is 4.22. The number of pyridine rings is 1. The van der Waals surface area contributed by atoms with Gasteiger partial charge in [0.25, 0.3) is 0 Å². The van der Waals surface area contributed by atoms with Crippen molar-refractivity contribution in [1.29, 1.82) is 0 Å². The van der Waals surface area contributed by atoms with Gasteiger partial charge in [-0.3, -0.25) is 4.98 Å². The van der Waals surface area contributed by atoms with Crippen LogP contribution in [0.1, 0.15) is 5.56 Å². The van der Waals surface area contributed by atoms with Gasteiger partial charge in [0.1, 0.15) is 11.6 Å². The molecular formula is C14H13N3O. The van der Waals surface area contributed by atoms with E-state index in [1.807, 2.05) is 37.5 Å². The van der Waals surface area contributed by atoms with E-state index < -0.39 is 0 Å². The Balaban J connectivity index is 2.13. The smallest absolute Gasteiger partial charge is 0.140 e. The summed E-state index contributed by atoms with van der Waals surface area (Å²) in [5, 5.41) is 0. The Morgan fingerprint density at radius 1 is 1.17 bits per heavy atom. The highest BCUT2D eigenvalue weighted by Crippen LogP contribution is 2.23. The quantitative estimate of drug-likeness (QED) is 0.748. The first-order valence-electron chi connectivity index (χ1n) is 5.72. The summed E-state index contributed by atoms with van der Waals surface area (Å²) in [6, 6.07) is 7.84. The molecule has 0 saturated heterocycles. The number of H-pyrrole nitrogens is 1. The van der Waals surface area contributed by atoms with Crippen molar-refractivity contribution in [1.82, 2.24) is 15.0 Å². The zero-order chi connectivity index (χ0) is 12.5. The highest BCUT2D eigenvalue weighted by Gasteiger charge is 2.06. The third-order valence-corrected chi connectivity index (χ3v) is 2.84. The average Bonchev–Trinajstić information content (AvgIpc) is 2.81. The summed E-state index contributed by atoms with van der Waals surface area (Å²) in [7, 11) is 1.66. The van der Waals surface area contributed by atoms with Crippen LogP contribution in [0.4, 0.5) is 0 Å². The predicted octanol–water partition coefficient (Wildman–Crippen LogP) is 2.94. The molecule has 0 aliphatic rings. The lowest BCUT2D eigenvalue weighted by Crippen LogP contribution is -1.83. The molecule has 90 valence electrons. The Labute approximate surface area is 105 Å². The van der Waals surface area contributed by atoms with Crippen LogP contribution in [0.3, 0.4) is 0 Å². The van der Waals surface area contributed by atoms with E-state index in [0.29, 0.717) is 0 Å². The summed E-state index contributed by atoms with van der Waals surface area (Å²) in [4.78, 5) is 12.0. The number of ether oxygens (including phenoxy) is 1. The normalized spacial score (nSPS) is 10.8. The first-order valence-corrected chi connectivity index (χ1v) is 5.72. The van der Waals surface area contributed by atoms with E-state index in [4.69, 9.17) is 4.74 Å². The number of nitrogens with zero attached hydrogens (tertiary/aromatic N) is 2. The van der Waals surface area contributed by atoms with Crippen LogP contribution < -0.4 is 4.74 Å². The summed E-state index contributed by atoms with van der Waals surface area (Å²) in [5.74, 6) is 1.65. The molecule has 0 spiro atoms. The van der Waals surface area contributed by atoms with Crippen molar-refractivity contribution in [3.8, 4) is 17.1 Å².